The Morgan fingerprint density at radius 3 is 1.45 bits per heavy atom. The van der Waals surface area contributed by atoms with E-state index in [1.807, 2.05) is 0 Å². The Kier molecular flexibility index (Phi) is 11.1. The highest BCUT2D eigenvalue weighted by atomic mass is 32.2. The predicted octanol–water partition coefficient (Wildman–Crippen LogP) is 8.27. The average Bonchev–Trinajstić information content (AvgIpc) is 3.53. The molecule has 0 aliphatic heterocycles. The van der Waals surface area contributed by atoms with Crippen LogP contribution in [0.4, 0.5) is 39.5 Å². The predicted molar refractivity (Wildman–Crippen MR) is 145 cm³/mol. The third-order valence-corrected chi connectivity index (χ3v) is 9.21. The number of hydrogen-bond donors (Lipinski definition) is 2. The van der Waals surface area contributed by atoms with Crippen molar-refractivity contribution in [2.24, 2.45) is 0 Å². The fourth-order valence-corrected chi connectivity index (χ4v) is 6.48. The molecule has 0 radical (unpaired) electrons. The molecule has 0 heterocycles. The number of benzene rings is 1. The molecule has 2 N–H and O–H groups in total. The third-order valence-electron chi connectivity index (χ3n) is 7.00. The Hall–Kier alpha value is -1.99. The van der Waals surface area contributed by atoms with Gasteiger partial charge in [-0.3, -0.25) is 9.52 Å². The molecule has 1 aromatic carbocycles. The first kappa shape index (κ1) is 36.5. The molecule has 44 heavy (non-hydrogen) atoms. The number of alkyl halides is 9. The maximum Gasteiger partial charge on any atom is 0.456 e. The van der Waals surface area contributed by atoms with Crippen LogP contribution in [-0.2, 0) is 9.47 Å². The van der Waals surface area contributed by atoms with Crippen LogP contribution in [0.25, 0.3) is 0 Å². The molecule has 248 valence electrons. The average molecular weight is 703 g/mol. The van der Waals surface area contributed by atoms with Crippen LogP contribution in [0.15, 0.2) is 18.2 Å². The van der Waals surface area contributed by atoms with E-state index in [0.29, 0.717) is 25.7 Å². The summed E-state index contributed by atoms with van der Waals surface area (Å²) in [5.41, 5.74) is -8.30. The number of carbonyl (C=O) groups excluding carboxylic acids is 3. The maximum absolute atomic E-state index is 14.3. The topological polar surface area (TPSA) is 93.7 Å². The highest BCUT2D eigenvalue weighted by Gasteiger charge is 2.73. The molecular weight excluding hydrogens is 675 g/mol. The molecule has 1 amide bonds. The van der Waals surface area contributed by atoms with Crippen molar-refractivity contribution < 1.29 is 63.4 Å². The Morgan fingerprint density at radius 2 is 1.05 bits per heavy atom. The lowest BCUT2D eigenvalue weighted by Gasteiger charge is -2.31. The van der Waals surface area contributed by atoms with E-state index < -0.39 is 92.4 Å². The van der Waals surface area contributed by atoms with Crippen molar-refractivity contribution in [1.82, 2.24) is 8.85 Å². The van der Waals surface area contributed by atoms with Crippen LogP contribution in [0, 0.1) is 0 Å². The van der Waals surface area contributed by atoms with Crippen LogP contribution < -0.4 is 8.85 Å². The van der Waals surface area contributed by atoms with Crippen molar-refractivity contribution in [2.75, 3.05) is 0 Å². The van der Waals surface area contributed by atoms with E-state index in [0.717, 1.165) is 48.0 Å². The molecule has 2 aliphatic rings. The van der Waals surface area contributed by atoms with Gasteiger partial charge >= 0.3 is 33.9 Å². The molecule has 0 unspecified atom stereocenters. The first-order chi connectivity index (χ1) is 20.1. The molecule has 2 aliphatic carbocycles. The van der Waals surface area contributed by atoms with Gasteiger partial charge in [0.1, 0.15) is 11.2 Å². The lowest BCUT2D eigenvalue weighted by Crippen LogP contribution is -2.52. The Labute approximate surface area is 258 Å². The summed E-state index contributed by atoms with van der Waals surface area (Å²) in [4.78, 5) is 38.7. The van der Waals surface area contributed by atoms with Crippen LogP contribution >= 0.6 is 35.8 Å². The second kappa shape index (κ2) is 13.4. The number of nitrogens with one attached hydrogen (secondary N) is 2. The van der Waals surface area contributed by atoms with E-state index in [-0.39, 0.29) is 11.1 Å². The molecule has 0 saturated heterocycles. The minimum absolute atomic E-state index is 0.368. The molecule has 2 fully saturated rings. The van der Waals surface area contributed by atoms with E-state index in [9.17, 15) is 53.9 Å². The summed E-state index contributed by atoms with van der Waals surface area (Å²) in [5, 5.41) is -11.5. The lowest BCUT2D eigenvalue weighted by molar-refractivity contribution is -0.237. The normalized spacial score (nSPS) is 18.6. The van der Waals surface area contributed by atoms with E-state index in [1.165, 1.54) is 4.72 Å². The summed E-state index contributed by atoms with van der Waals surface area (Å²) in [6.45, 7) is 3.35. The van der Waals surface area contributed by atoms with Gasteiger partial charge < -0.3 is 9.47 Å². The SMILES string of the molecule is CC1(OC(=O)c2cc(C(=O)NSC(F)(F)C(F)(F)C(F)(F)SNSC(F)(F)F)cc(C(=O)OC3(C)CCCC3)c2)CCCC1. The van der Waals surface area contributed by atoms with Crippen LogP contribution in [0.1, 0.15) is 96.3 Å². The molecule has 2 saturated carbocycles. The van der Waals surface area contributed by atoms with E-state index >= 15 is 0 Å². The summed E-state index contributed by atoms with van der Waals surface area (Å²) in [7, 11) is 0. The van der Waals surface area contributed by atoms with Crippen LogP contribution in [0.5, 0.6) is 0 Å². The van der Waals surface area contributed by atoms with Crippen molar-refractivity contribution in [2.45, 2.75) is 98.4 Å². The van der Waals surface area contributed by atoms with Crippen molar-refractivity contribution in [1.29, 1.82) is 0 Å². The van der Waals surface area contributed by atoms with Gasteiger partial charge in [0.25, 0.3) is 5.91 Å². The van der Waals surface area contributed by atoms with Crippen molar-refractivity contribution >= 4 is 53.7 Å². The van der Waals surface area contributed by atoms with Gasteiger partial charge in [0.2, 0.25) is 0 Å². The number of amides is 1. The standard InChI is InChI=1S/C25H27F9N2O5S3/c1-20(7-3-4-8-20)40-18(38)15-11-14(12-16(13-15)19(39)41-21(2)9-5-6-10-21)17(37)35-42-23(28,29)22(26,27)24(30,31)43-36-44-25(32,33)34/h11-13,36H,3-10H2,1-2H3,(H,35,37). The molecule has 7 nitrogen and oxygen atoms in total. The Balaban J connectivity index is 1.82. The number of hydrogen-bond acceptors (Lipinski definition) is 9. The number of halogens is 9. The van der Waals surface area contributed by atoms with Crippen molar-refractivity contribution in [3.8, 4) is 0 Å². The molecule has 1 aromatic rings. The summed E-state index contributed by atoms with van der Waals surface area (Å²) < 4.78 is 134. The van der Waals surface area contributed by atoms with Crippen LogP contribution in [0.3, 0.4) is 0 Å². The zero-order valence-corrected chi connectivity index (χ0v) is 25.5. The smallest absolute Gasteiger partial charge is 0.456 e. The minimum Gasteiger partial charge on any atom is -0.456 e. The van der Waals surface area contributed by atoms with Gasteiger partial charge in [0.15, 0.2) is 0 Å². The summed E-state index contributed by atoms with van der Waals surface area (Å²) >= 11 is -4.39. The summed E-state index contributed by atoms with van der Waals surface area (Å²) in [6, 6.07) is 2.73. The quantitative estimate of drug-likeness (QED) is 0.127. The van der Waals surface area contributed by atoms with Gasteiger partial charge in [-0.25, -0.2) is 9.59 Å². The number of ether oxygens (including phenoxy) is 2. The second-order valence-corrected chi connectivity index (χ2v) is 13.7. The van der Waals surface area contributed by atoms with Gasteiger partial charge in [-0.1, -0.05) is 0 Å². The van der Waals surface area contributed by atoms with Crippen molar-refractivity contribution in [3.05, 3.63) is 34.9 Å². The van der Waals surface area contributed by atoms with Gasteiger partial charge in [0.05, 0.1) is 11.1 Å². The van der Waals surface area contributed by atoms with Crippen LogP contribution in [-0.4, -0.2) is 51.0 Å². The van der Waals surface area contributed by atoms with E-state index in [1.54, 1.807) is 13.8 Å². The second-order valence-electron chi connectivity index (χ2n) is 10.8. The van der Waals surface area contributed by atoms with Crippen LogP contribution in [0.2, 0.25) is 0 Å². The number of carbonyl (C=O) groups is 3. The van der Waals surface area contributed by atoms with Crippen molar-refractivity contribution in [3.63, 3.8) is 0 Å². The largest absolute Gasteiger partial charge is 0.456 e. The number of rotatable bonds is 12. The molecule has 19 heteroatoms. The molecular formula is C25H27F9N2O5S3. The Bertz CT molecular complexity index is 1180. The maximum atomic E-state index is 14.3. The molecule has 0 bridgehead atoms. The number of esters is 2. The zero-order chi connectivity index (χ0) is 33.2. The van der Waals surface area contributed by atoms with Gasteiger partial charge in [-0.05, 0) is 83.4 Å². The van der Waals surface area contributed by atoms with Gasteiger partial charge in [0, 0.05) is 41.4 Å². The summed E-state index contributed by atoms with van der Waals surface area (Å²) in [6.07, 6.45) is 5.19. The Morgan fingerprint density at radius 1 is 0.659 bits per heavy atom. The van der Waals surface area contributed by atoms with Gasteiger partial charge in [-0.2, -0.15) is 43.6 Å². The summed E-state index contributed by atoms with van der Waals surface area (Å²) in [5.74, 6) is -9.82. The third kappa shape index (κ3) is 9.05. The lowest BCUT2D eigenvalue weighted by atomic mass is 10.0. The molecule has 3 rings (SSSR count). The highest BCUT2D eigenvalue weighted by Crippen LogP contribution is 2.54. The highest BCUT2D eigenvalue weighted by molar-refractivity contribution is 8.13. The fourth-order valence-electron chi connectivity index (χ4n) is 4.60. The molecule has 0 atom stereocenters. The molecule has 0 spiro atoms. The fraction of sp³-hybridized carbons (Fsp3) is 0.640. The first-order valence-corrected chi connectivity index (χ1v) is 15.5. The van der Waals surface area contributed by atoms with E-state index in [2.05, 4.69) is 0 Å². The zero-order valence-electron chi connectivity index (χ0n) is 23.1. The van der Waals surface area contributed by atoms with Gasteiger partial charge in [-0.15, -0.1) is 0 Å². The van der Waals surface area contributed by atoms with E-state index in [4.69, 9.17) is 9.47 Å². The first-order valence-electron chi connectivity index (χ1n) is 13.0. The molecule has 0 aromatic heterocycles. The monoisotopic (exact) mass is 702 g/mol. The minimum atomic E-state index is -6.28.